The summed E-state index contributed by atoms with van der Waals surface area (Å²) >= 11 is 0. The average Bonchev–Trinajstić information content (AvgIpc) is 2.46. The van der Waals surface area contributed by atoms with Crippen molar-refractivity contribution in [3.63, 3.8) is 0 Å². The van der Waals surface area contributed by atoms with E-state index in [-0.39, 0.29) is 11.9 Å². The van der Waals surface area contributed by atoms with Crippen LogP contribution in [0.3, 0.4) is 0 Å². The van der Waals surface area contributed by atoms with E-state index in [1.807, 2.05) is 61.5 Å². The Bertz CT molecular complexity index is 548. The molecule has 2 aromatic rings. The van der Waals surface area contributed by atoms with E-state index in [1.54, 1.807) is 0 Å². The second-order valence-corrected chi connectivity index (χ2v) is 4.66. The maximum atomic E-state index is 12.3. The first-order valence-electron chi connectivity index (χ1n) is 6.63. The van der Waals surface area contributed by atoms with E-state index in [4.69, 9.17) is 0 Å². The van der Waals surface area contributed by atoms with Gasteiger partial charge in [-0.1, -0.05) is 55.5 Å². The van der Waals surface area contributed by atoms with Crippen molar-refractivity contribution in [3.05, 3.63) is 71.3 Å². The summed E-state index contributed by atoms with van der Waals surface area (Å²) in [4.78, 5) is 12.3. The number of rotatable bonds is 4. The van der Waals surface area contributed by atoms with Crippen LogP contribution in [0.1, 0.15) is 40.9 Å². The highest BCUT2D eigenvalue weighted by Crippen LogP contribution is 2.17. The molecular formula is C17H19NO. The van der Waals surface area contributed by atoms with Crippen LogP contribution in [0.5, 0.6) is 0 Å². The zero-order chi connectivity index (χ0) is 13.7. The smallest absolute Gasteiger partial charge is 0.252 e. The summed E-state index contributed by atoms with van der Waals surface area (Å²) in [7, 11) is 0. The van der Waals surface area contributed by atoms with Gasteiger partial charge in [-0.3, -0.25) is 4.79 Å². The van der Waals surface area contributed by atoms with Crippen molar-refractivity contribution in [1.82, 2.24) is 5.32 Å². The third-order valence-corrected chi connectivity index (χ3v) is 3.31. The molecule has 0 aromatic heterocycles. The average molecular weight is 253 g/mol. The van der Waals surface area contributed by atoms with Crippen molar-refractivity contribution in [2.24, 2.45) is 0 Å². The van der Waals surface area contributed by atoms with Gasteiger partial charge in [-0.25, -0.2) is 0 Å². The first-order chi connectivity index (χ1) is 9.22. The van der Waals surface area contributed by atoms with Crippen molar-refractivity contribution >= 4 is 5.91 Å². The lowest BCUT2D eigenvalue weighted by molar-refractivity contribution is 0.0935. The molecule has 0 aliphatic carbocycles. The van der Waals surface area contributed by atoms with Crippen LogP contribution in [0.2, 0.25) is 0 Å². The number of aryl methyl sites for hydroxylation is 1. The molecule has 2 nitrogen and oxygen atoms in total. The number of amides is 1. The van der Waals surface area contributed by atoms with Crippen molar-refractivity contribution in [3.8, 4) is 0 Å². The van der Waals surface area contributed by atoms with Gasteiger partial charge in [0.1, 0.15) is 0 Å². The molecule has 2 rings (SSSR count). The molecule has 0 radical (unpaired) electrons. The van der Waals surface area contributed by atoms with Crippen molar-refractivity contribution in [2.45, 2.75) is 26.3 Å². The van der Waals surface area contributed by atoms with Crippen LogP contribution in [0.25, 0.3) is 0 Å². The molecule has 0 saturated carbocycles. The van der Waals surface area contributed by atoms with Crippen LogP contribution in [-0.2, 0) is 0 Å². The second kappa shape index (κ2) is 6.19. The Kier molecular flexibility index (Phi) is 4.35. The number of carbonyl (C=O) groups is 1. The molecule has 0 unspecified atom stereocenters. The molecule has 0 saturated heterocycles. The van der Waals surface area contributed by atoms with Gasteiger partial charge in [-0.15, -0.1) is 0 Å². The summed E-state index contributed by atoms with van der Waals surface area (Å²) in [6, 6.07) is 17.8. The molecule has 0 aliphatic rings. The minimum Gasteiger partial charge on any atom is -0.345 e. The number of hydrogen-bond donors (Lipinski definition) is 1. The number of benzene rings is 2. The number of nitrogens with one attached hydrogen (secondary N) is 1. The van der Waals surface area contributed by atoms with Crippen molar-refractivity contribution in [2.75, 3.05) is 0 Å². The Labute approximate surface area is 114 Å². The summed E-state index contributed by atoms with van der Waals surface area (Å²) < 4.78 is 0. The Morgan fingerprint density at radius 2 is 1.68 bits per heavy atom. The monoisotopic (exact) mass is 253 g/mol. The van der Waals surface area contributed by atoms with Gasteiger partial charge >= 0.3 is 0 Å². The summed E-state index contributed by atoms with van der Waals surface area (Å²) in [6.45, 7) is 4.04. The third kappa shape index (κ3) is 3.22. The van der Waals surface area contributed by atoms with Crippen LogP contribution >= 0.6 is 0 Å². The van der Waals surface area contributed by atoms with Crippen molar-refractivity contribution in [1.29, 1.82) is 0 Å². The lowest BCUT2D eigenvalue weighted by Crippen LogP contribution is -2.28. The lowest BCUT2D eigenvalue weighted by Gasteiger charge is -2.18. The Morgan fingerprint density at radius 1 is 1.05 bits per heavy atom. The van der Waals surface area contributed by atoms with Gasteiger partial charge in [0.15, 0.2) is 0 Å². The van der Waals surface area contributed by atoms with Gasteiger partial charge < -0.3 is 5.32 Å². The minimum absolute atomic E-state index is 0.00574. The molecule has 1 atom stereocenters. The first-order valence-corrected chi connectivity index (χ1v) is 6.63. The van der Waals surface area contributed by atoms with E-state index in [0.717, 1.165) is 23.1 Å². The van der Waals surface area contributed by atoms with E-state index < -0.39 is 0 Å². The highest BCUT2D eigenvalue weighted by molar-refractivity contribution is 5.95. The predicted molar refractivity (Wildman–Crippen MR) is 78.1 cm³/mol. The summed E-state index contributed by atoms with van der Waals surface area (Å²) in [5.41, 5.74) is 2.90. The fraction of sp³-hybridized carbons (Fsp3) is 0.235. The SMILES string of the molecule is CC[C@H](NC(=O)c1ccccc1C)c1ccccc1. The molecule has 0 fully saturated rings. The van der Waals surface area contributed by atoms with Crippen molar-refractivity contribution < 1.29 is 4.79 Å². The van der Waals surface area contributed by atoms with E-state index in [2.05, 4.69) is 12.2 Å². The van der Waals surface area contributed by atoms with Gasteiger partial charge in [0.05, 0.1) is 6.04 Å². The molecule has 98 valence electrons. The van der Waals surface area contributed by atoms with E-state index in [1.165, 1.54) is 0 Å². The largest absolute Gasteiger partial charge is 0.345 e. The third-order valence-electron chi connectivity index (χ3n) is 3.31. The number of carbonyl (C=O) groups excluding carboxylic acids is 1. The highest BCUT2D eigenvalue weighted by Gasteiger charge is 2.14. The molecule has 2 aromatic carbocycles. The van der Waals surface area contributed by atoms with Crippen LogP contribution < -0.4 is 5.32 Å². The lowest BCUT2D eigenvalue weighted by atomic mass is 10.0. The van der Waals surface area contributed by atoms with E-state index in [9.17, 15) is 4.79 Å². The zero-order valence-electron chi connectivity index (χ0n) is 11.4. The van der Waals surface area contributed by atoms with Crippen LogP contribution in [-0.4, -0.2) is 5.91 Å². The van der Waals surface area contributed by atoms with Gasteiger partial charge in [0.2, 0.25) is 0 Å². The molecule has 0 spiro atoms. The maximum absolute atomic E-state index is 12.3. The molecule has 1 N–H and O–H groups in total. The van der Waals surface area contributed by atoms with Gasteiger partial charge in [-0.05, 0) is 30.5 Å². The van der Waals surface area contributed by atoms with Crippen LogP contribution in [0, 0.1) is 6.92 Å². The molecule has 0 bridgehead atoms. The van der Waals surface area contributed by atoms with E-state index in [0.29, 0.717) is 0 Å². The normalized spacial score (nSPS) is 11.9. The molecular weight excluding hydrogens is 234 g/mol. The standard InChI is InChI=1S/C17H19NO/c1-3-16(14-10-5-4-6-11-14)18-17(19)15-12-8-7-9-13(15)2/h4-12,16H,3H2,1-2H3,(H,18,19)/t16-/m0/s1. The quantitative estimate of drug-likeness (QED) is 0.880. The highest BCUT2D eigenvalue weighted by atomic mass is 16.1. The summed E-state index contributed by atoms with van der Waals surface area (Å²) in [5.74, 6) is -0.00574. The Morgan fingerprint density at radius 3 is 2.32 bits per heavy atom. The molecule has 0 heterocycles. The zero-order valence-corrected chi connectivity index (χ0v) is 11.4. The number of hydrogen-bond acceptors (Lipinski definition) is 1. The summed E-state index contributed by atoms with van der Waals surface area (Å²) in [6.07, 6.45) is 0.877. The topological polar surface area (TPSA) is 29.1 Å². The fourth-order valence-corrected chi connectivity index (χ4v) is 2.17. The Hall–Kier alpha value is -2.09. The molecule has 2 heteroatoms. The van der Waals surface area contributed by atoms with Gasteiger partial charge in [0.25, 0.3) is 5.91 Å². The Balaban J connectivity index is 2.16. The molecule has 19 heavy (non-hydrogen) atoms. The molecule has 1 amide bonds. The summed E-state index contributed by atoms with van der Waals surface area (Å²) in [5, 5.41) is 3.10. The fourth-order valence-electron chi connectivity index (χ4n) is 2.17. The first kappa shape index (κ1) is 13.3. The van der Waals surface area contributed by atoms with Gasteiger partial charge in [-0.2, -0.15) is 0 Å². The van der Waals surface area contributed by atoms with Gasteiger partial charge in [0, 0.05) is 5.56 Å². The molecule has 0 aliphatic heterocycles. The second-order valence-electron chi connectivity index (χ2n) is 4.66. The minimum atomic E-state index is -0.00574. The van der Waals surface area contributed by atoms with Crippen LogP contribution in [0.4, 0.5) is 0 Å². The van der Waals surface area contributed by atoms with E-state index >= 15 is 0 Å². The maximum Gasteiger partial charge on any atom is 0.252 e. The van der Waals surface area contributed by atoms with Crippen LogP contribution in [0.15, 0.2) is 54.6 Å². The predicted octanol–water partition coefficient (Wildman–Crippen LogP) is 3.88.